The highest BCUT2D eigenvalue weighted by molar-refractivity contribution is 7.89. The molecule has 110 valence electrons. The molecule has 0 saturated carbocycles. The average molecular weight is 298 g/mol. The highest BCUT2D eigenvalue weighted by Crippen LogP contribution is 2.19. The molecule has 0 spiro atoms. The summed E-state index contributed by atoms with van der Waals surface area (Å²) >= 11 is 0. The fourth-order valence-corrected chi connectivity index (χ4v) is 2.72. The van der Waals surface area contributed by atoms with E-state index in [4.69, 9.17) is 9.56 Å². The van der Waals surface area contributed by atoms with Crippen molar-refractivity contribution in [2.75, 3.05) is 6.54 Å². The van der Waals surface area contributed by atoms with Crippen molar-refractivity contribution in [1.29, 1.82) is 0 Å². The van der Waals surface area contributed by atoms with Crippen LogP contribution in [0.3, 0.4) is 0 Å². The van der Waals surface area contributed by atoms with Crippen molar-refractivity contribution >= 4 is 15.9 Å². The van der Waals surface area contributed by atoms with Crippen molar-refractivity contribution in [2.45, 2.75) is 31.3 Å². The van der Waals surface area contributed by atoms with Crippen LogP contribution < -0.4 is 10.5 Å². The number of nitrogens with one attached hydrogen (secondary N) is 1. The van der Waals surface area contributed by atoms with Gasteiger partial charge in [-0.1, -0.05) is 12.2 Å². The molecule has 7 heteroatoms. The molecule has 6 nitrogen and oxygen atoms in total. The Kier molecular flexibility index (Phi) is 4.29. The van der Waals surface area contributed by atoms with Gasteiger partial charge in [0.1, 0.15) is 5.76 Å². The van der Waals surface area contributed by atoms with Crippen LogP contribution in [0.15, 0.2) is 27.7 Å². The molecular weight excluding hydrogens is 280 g/mol. The summed E-state index contributed by atoms with van der Waals surface area (Å²) in [6, 6.07) is 1.17. The Balaban J connectivity index is 2.02. The van der Waals surface area contributed by atoms with Crippen molar-refractivity contribution in [3.8, 4) is 0 Å². The van der Waals surface area contributed by atoms with E-state index in [-0.39, 0.29) is 22.3 Å². The zero-order chi connectivity index (χ0) is 14.8. The van der Waals surface area contributed by atoms with Gasteiger partial charge in [-0.25, -0.2) is 13.6 Å². The molecule has 1 heterocycles. The number of allylic oxidation sites excluding steroid dienone is 2. The fraction of sp³-hybridized carbons (Fsp3) is 0.462. The van der Waals surface area contributed by atoms with Gasteiger partial charge in [0.15, 0.2) is 0 Å². The Morgan fingerprint density at radius 1 is 1.50 bits per heavy atom. The summed E-state index contributed by atoms with van der Waals surface area (Å²) in [6.45, 7) is 2.10. The second kappa shape index (κ2) is 5.80. The van der Waals surface area contributed by atoms with E-state index in [0.717, 1.165) is 19.3 Å². The van der Waals surface area contributed by atoms with E-state index in [1.165, 1.54) is 13.0 Å². The van der Waals surface area contributed by atoms with E-state index in [0.29, 0.717) is 12.5 Å². The van der Waals surface area contributed by atoms with Crippen LogP contribution in [-0.2, 0) is 10.0 Å². The molecule has 0 aromatic carbocycles. The van der Waals surface area contributed by atoms with Gasteiger partial charge in [0.05, 0.1) is 5.56 Å². The Bertz CT molecular complexity index is 631. The van der Waals surface area contributed by atoms with Gasteiger partial charge in [-0.15, -0.1) is 0 Å². The molecule has 1 aliphatic carbocycles. The maximum atomic E-state index is 12.0. The zero-order valence-corrected chi connectivity index (χ0v) is 12.1. The standard InChI is InChI=1S/C13H18N2O4S/c1-9-11(7-12(19-9)20(14,17)18)13(16)15-8-10-5-3-2-4-6-10/h2-3,7,10H,4-6,8H2,1H3,(H,15,16)(H2,14,17,18)/t10-/m1/s1. The van der Waals surface area contributed by atoms with E-state index in [9.17, 15) is 13.2 Å². The molecule has 2 rings (SSSR count). The van der Waals surface area contributed by atoms with Crippen LogP contribution in [0.25, 0.3) is 0 Å². The van der Waals surface area contributed by atoms with E-state index in [1.807, 2.05) is 0 Å². The molecule has 1 aliphatic rings. The highest BCUT2D eigenvalue weighted by atomic mass is 32.2. The third-order valence-electron chi connectivity index (χ3n) is 3.35. The maximum absolute atomic E-state index is 12.0. The predicted molar refractivity (Wildman–Crippen MR) is 73.6 cm³/mol. The summed E-state index contributed by atoms with van der Waals surface area (Å²) in [5.41, 5.74) is 0.209. The van der Waals surface area contributed by atoms with Crippen LogP contribution in [0, 0.1) is 12.8 Å². The number of rotatable bonds is 4. The molecule has 0 radical (unpaired) electrons. The first-order valence-electron chi connectivity index (χ1n) is 6.44. The van der Waals surface area contributed by atoms with Gasteiger partial charge in [-0.05, 0) is 32.1 Å². The van der Waals surface area contributed by atoms with Gasteiger partial charge >= 0.3 is 0 Å². The van der Waals surface area contributed by atoms with Gasteiger partial charge in [0, 0.05) is 12.6 Å². The third-order valence-corrected chi connectivity index (χ3v) is 4.11. The lowest BCUT2D eigenvalue weighted by Crippen LogP contribution is -2.29. The molecule has 0 aliphatic heterocycles. The Morgan fingerprint density at radius 3 is 2.80 bits per heavy atom. The van der Waals surface area contributed by atoms with E-state index < -0.39 is 10.0 Å². The third kappa shape index (κ3) is 3.49. The number of furan rings is 1. The summed E-state index contributed by atoms with van der Waals surface area (Å²) in [5.74, 6) is 0.333. The number of sulfonamides is 1. The molecule has 1 atom stereocenters. The van der Waals surface area contributed by atoms with Gasteiger partial charge in [0.25, 0.3) is 15.9 Å². The summed E-state index contributed by atoms with van der Waals surface area (Å²) in [5, 5.41) is 7.39. The molecule has 1 amide bonds. The molecule has 1 aromatic heterocycles. The SMILES string of the molecule is Cc1oc(S(N)(=O)=O)cc1C(=O)NC[C@@H]1CC=CCC1. The molecule has 0 unspecified atom stereocenters. The molecular formula is C13H18N2O4S. The first-order chi connectivity index (χ1) is 9.38. The molecule has 3 N–H and O–H groups in total. The van der Waals surface area contributed by atoms with Crippen LogP contribution in [0.4, 0.5) is 0 Å². The lowest BCUT2D eigenvalue weighted by Gasteiger charge is -2.17. The van der Waals surface area contributed by atoms with Crippen molar-refractivity contribution in [2.24, 2.45) is 11.1 Å². The fourth-order valence-electron chi connectivity index (χ4n) is 2.19. The first-order valence-corrected chi connectivity index (χ1v) is 7.99. The summed E-state index contributed by atoms with van der Waals surface area (Å²) < 4.78 is 27.3. The first kappa shape index (κ1) is 14.8. The minimum Gasteiger partial charge on any atom is -0.448 e. The summed E-state index contributed by atoms with van der Waals surface area (Å²) in [4.78, 5) is 12.0. The van der Waals surface area contributed by atoms with Crippen LogP contribution >= 0.6 is 0 Å². The molecule has 1 aromatic rings. The number of aryl methyl sites for hydroxylation is 1. The minimum absolute atomic E-state index is 0.209. The maximum Gasteiger partial charge on any atom is 0.271 e. The quantitative estimate of drug-likeness (QED) is 0.818. The Labute approximate surface area is 118 Å². The van der Waals surface area contributed by atoms with Crippen LogP contribution in [-0.4, -0.2) is 20.9 Å². The second-order valence-corrected chi connectivity index (χ2v) is 6.43. The van der Waals surface area contributed by atoms with Gasteiger partial charge in [0.2, 0.25) is 5.09 Å². The van der Waals surface area contributed by atoms with Gasteiger partial charge in [-0.3, -0.25) is 4.79 Å². The molecule has 20 heavy (non-hydrogen) atoms. The van der Waals surface area contributed by atoms with Gasteiger partial charge in [-0.2, -0.15) is 0 Å². The average Bonchev–Trinajstić information content (AvgIpc) is 2.79. The highest BCUT2D eigenvalue weighted by Gasteiger charge is 2.21. The van der Waals surface area contributed by atoms with Crippen LogP contribution in [0.1, 0.15) is 35.4 Å². The monoisotopic (exact) mass is 298 g/mol. The minimum atomic E-state index is -3.93. The summed E-state index contributed by atoms with van der Waals surface area (Å²) in [7, 11) is -3.93. The predicted octanol–water partition coefficient (Wildman–Crippen LogP) is 1.32. The topological polar surface area (TPSA) is 102 Å². The second-order valence-electron chi connectivity index (χ2n) is 4.94. The zero-order valence-electron chi connectivity index (χ0n) is 11.3. The van der Waals surface area contributed by atoms with Gasteiger partial charge < -0.3 is 9.73 Å². The summed E-state index contributed by atoms with van der Waals surface area (Å²) in [6.07, 6.45) is 7.27. The molecule has 0 saturated heterocycles. The van der Waals surface area contributed by atoms with Crippen LogP contribution in [0.2, 0.25) is 0 Å². The number of amides is 1. The Morgan fingerprint density at radius 2 is 2.25 bits per heavy atom. The molecule has 0 fully saturated rings. The lowest BCUT2D eigenvalue weighted by molar-refractivity contribution is 0.0944. The van der Waals surface area contributed by atoms with E-state index in [2.05, 4.69) is 17.5 Å². The molecule has 0 bridgehead atoms. The van der Waals surface area contributed by atoms with E-state index in [1.54, 1.807) is 0 Å². The van der Waals surface area contributed by atoms with E-state index >= 15 is 0 Å². The van der Waals surface area contributed by atoms with Crippen molar-refractivity contribution in [3.63, 3.8) is 0 Å². The number of carbonyl (C=O) groups excluding carboxylic acids is 1. The Hall–Kier alpha value is -1.60. The number of hydrogen-bond donors (Lipinski definition) is 2. The smallest absolute Gasteiger partial charge is 0.271 e. The lowest BCUT2D eigenvalue weighted by atomic mass is 9.94. The van der Waals surface area contributed by atoms with Crippen molar-refractivity contribution in [3.05, 3.63) is 29.5 Å². The number of primary sulfonamides is 1. The van der Waals surface area contributed by atoms with Crippen molar-refractivity contribution < 1.29 is 17.6 Å². The van der Waals surface area contributed by atoms with Crippen LogP contribution in [0.5, 0.6) is 0 Å². The van der Waals surface area contributed by atoms with Crippen molar-refractivity contribution in [1.82, 2.24) is 5.32 Å². The number of hydrogen-bond acceptors (Lipinski definition) is 4. The normalized spacial score (nSPS) is 19.0. The largest absolute Gasteiger partial charge is 0.448 e. The number of carbonyl (C=O) groups is 1. The number of nitrogens with two attached hydrogens (primary N) is 1.